The molecule has 194 valence electrons. The topological polar surface area (TPSA) is 147 Å². The van der Waals surface area contributed by atoms with Gasteiger partial charge < -0.3 is 24.8 Å². The molecule has 2 N–H and O–H groups in total. The van der Waals surface area contributed by atoms with Gasteiger partial charge in [0.15, 0.2) is 23.5 Å². The zero-order valence-corrected chi connectivity index (χ0v) is 20.6. The van der Waals surface area contributed by atoms with Crippen molar-refractivity contribution in [2.45, 2.75) is 44.2 Å². The van der Waals surface area contributed by atoms with E-state index in [1.165, 1.54) is 6.33 Å². The van der Waals surface area contributed by atoms with Gasteiger partial charge in [-0.3, -0.25) is 19.0 Å². The van der Waals surface area contributed by atoms with Gasteiger partial charge in [0, 0.05) is 13.1 Å². The number of imidazole rings is 1. The Labute approximate surface area is 212 Å². The van der Waals surface area contributed by atoms with Gasteiger partial charge in [0.05, 0.1) is 24.1 Å². The molecule has 2 fully saturated rings. The first-order valence-electron chi connectivity index (χ1n) is 12.0. The van der Waals surface area contributed by atoms with Crippen LogP contribution < -0.4 is 5.73 Å². The number of aromatic nitrogens is 4. The van der Waals surface area contributed by atoms with E-state index in [0.29, 0.717) is 35.4 Å². The van der Waals surface area contributed by atoms with Crippen molar-refractivity contribution in [2.24, 2.45) is 0 Å². The summed E-state index contributed by atoms with van der Waals surface area (Å²) in [5, 5.41) is 0.824. The smallest absolute Gasteiger partial charge is 0.285 e. The molecule has 0 bridgehead atoms. The molecule has 13 heteroatoms. The summed E-state index contributed by atoms with van der Waals surface area (Å²) < 4.78 is 20.6. The van der Waals surface area contributed by atoms with E-state index in [1.807, 2.05) is 25.8 Å². The zero-order valence-electron chi connectivity index (χ0n) is 20.6. The second kappa shape index (κ2) is 8.82. The monoisotopic (exact) mass is 509 g/mol. The molecule has 1 unspecified atom stereocenters. The van der Waals surface area contributed by atoms with E-state index >= 15 is 0 Å². The van der Waals surface area contributed by atoms with E-state index < -0.39 is 29.9 Å². The van der Waals surface area contributed by atoms with Crippen LogP contribution in [0.1, 0.15) is 40.8 Å². The molecule has 2 amide bonds. The van der Waals surface area contributed by atoms with Gasteiger partial charge >= 0.3 is 0 Å². The first kappa shape index (κ1) is 23.9. The van der Waals surface area contributed by atoms with Gasteiger partial charge in [-0.25, -0.2) is 15.0 Å². The SMILES string of the molecule is CN(CCON1C(=O)c2ccccc2C1=O)C[C@H]1O[C@@H](n2cnc3c(N)ncnc32)C2OC(C)(C)O[C@H]21. The number of imide groups is 1. The van der Waals surface area contributed by atoms with Crippen molar-refractivity contribution >= 4 is 28.8 Å². The van der Waals surface area contributed by atoms with Crippen molar-refractivity contribution in [3.05, 3.63) is 48.0 Å². The maximum absolute atomic E-state index is 12.5. The van der Waals surface area contributed by atoms with E-state index in [2.05, 4.69) is 15.0 Å². The third-order valence-electron chi connectivity index (χ3n) is 6.73. The predicted octanol–water partition coefficient (Wildman–Crippen LogP) is 0.986. The number of ether oxygens (including phenoxy) is 3. The van der Waals surface area contributed by atoms with Crippen molar-refractivity contribution in [1.82, 2.24) is 29.5 Å². The predicted molar refractivity (Wildman–Crippen MR) is 128 cm³/mol. The fraction of sp³-hybridized carbons (Fsp3) is 0.458. The average Bonchev–Trinajstić information content (AvgIpc) is 3.58. The number of likely N-dealkylation sites (N-methyl/N-ethyl adjacent to an activating group) is 1. The van der Waals surface area contributed by atoms with Crippen LogP contribution in [-0.2, 0) is 19.0 Å². The lowest BCUT2D eigenvalue weighted by molar-refractivity contribution is -0.198. The molecule has 0 spiro atoms. The summed E-state index contributed by atoms with van der Waals surface area (Å²) >= 11 is 0. The fourth-order valence-electron chi connectivity index (χ4n) is 5.06. The first-order chi connectivity index (χ1) is 17.7. The van der Waals surface area contributed by atoms with Crippen LogP contribution in [0.25, 0.3) is 11.2 Å². The Kier molecular flexibility index (Phi) is 5.69. The van der Waals surface area contributed by atoms with E-state index in [4.69, 9.17) is 24.8 Å². The number of benzene rings is 1. The van der Waals surface area contributed by atoms with Crippen LogP contribution in [0.5, 0.6) is 0 Å². The molecular weight excluding hydrogens is 482 g/mol. The molecular formula is C24H27N7O6. The highest BCUT2D eigenvalue weighted by Crippen LogP contribution is 2.44. The molecule has 0 radical (unpaired) electrons. The number of nitrogens with two attached hydrogens (primary N) is 1. The molecule has 2 saturated heterocycles. The van der Waals surface area contributed by atoms with Crippen LogP contribution in [0.4, 0.5) is 5.82 Å². The minimum atomic E-state index is -0.785. The van der Waals surface area contributed by atoms with Crippen LogP contribution >= 0.6 is 0 Å². The Hall–Kier alpha value is -3.49. The van der Waals surface area contributed by atoms with Gasteiger partial charge in [-0.2, -0.15) is 0 Å². The van der Waals surface area contributed by atoms with Gasteiger partial charge in [-0.1, -0.05) is 12.1 Å². The summed E-state index contributed by atoms with van der Waals surface area (Å²) in [7, 11) is 1.90. The molecule has 1 aromatic carbocycles. The molecule has 3 aromatic rings. The number of carbonyl (C=O) groups is 2. The number of fused-ring (bicyclic) bond motifs is 3. The molecule has 13 nitrogen and oxygen atoms in total. The standard InChI is InChI=1S/C24H27N7O6/c1-24(2)36-17-15(35-23(18(17)37-24)30-12-28-16-19(25)26-11-27-20(16)30)10-29(3)8-9-34-31-21(32)13-6-4-5-7-14(13)22(31)33/h4-7,11-12,15,17-18,23H,8-10H2,1-3H3,(H2,25,26,27)/t15-,17+,18?,23-/m1/s1. The van der Waals surface area contributed by atoms with Crippen LogP contribution in [0, 0.1) is 0 Å². The molecule has 3 aliphatic heterocycles. The Morgan fingerprint density at radius 3 is 2.51 bits per heavy atom. The third-order valence-corrected chi connectivity index (χ3v) is 6.73. The number of nitrogen functional groups attached to an aromatic ring is 1. The summed E-state index contributed by atoms with van der Waals surface area (Å²) in [6.45, 7) is 4.80. The Morgan fingerprint density at radius 2 is 1.78 bits per heavy atom. The van der Waals surface area contributed by atoms with E-state index in [1.54, 1.807) is 35.2 Å². The Balaban J connectivity index is 1.12. The molecule has 0 saturated carbocycles. The van der Waals surface area contributed by atoms with Gasteiger partial charge in [0.2, 0.25) is 0 Å². The summed E-state index contributed by atoms with van der Waals surface area (Å²) in [6, 6.07) is 6.66. The van der Waals surface area contributed by atoms with Gasteiger partial charge in [0.1, 0.15) is 30.2 Å². The van der Waals surface area contributed by atoms with Crippen molar-refractivity contribution in [3.63, 3.8) is 0 Å². The number of nitrogens with zero attached hydrogens (tertiary/aromatic N) is 6. The van der Waals surface area contributed by atoms with E-state index in [9.17, 15) is 9.59 Å². The number of hydroxylamine groups is 2. The highest BCUT2D eigenvalue weighted by molar-refractivity contribution is 6.20. The van der Waals surface area contributed by atoms with Crippen LogP contribution in [0.2, 0.25) is 0 Å². The lowest BCUT2D eigenvalue weighted by Crippen LogP contribution is -2.40. The quantitative estimate of drug-likeness (QED) is 0.455. The Bertz CT molecular complexity index is 1340. The molecule has 5 heterocycles. The second-order valence-electron chi connectivity index (χ2n) is 9.76. The van der Waals surface area contributed by atoms with Crippen molar-refractivity contribution < 1.29 is 28.6 Å². The van der Waals surface area contributed by atoms with Crippen LogP contribution in [-0.4, -0.2) is 92.1 Å². The number of carbonyl (C=O) groups excluding carboxylic acids is 2. The molecule has 0 aliphatic carbocycles. The molecule has 37 heavy (non-hydrogen) atoms. The van der Waals surface area contributed by atoms with Crippen LogP contribution in [0.15, 0.2) is 36.9 Å². The van der Waals surface area contributed by atoms with Gasteiger partial charge in [0.25, 0.3) is 11.8 Å². The Morgan fingerprint density at radius 1 is 1.08 bits per heavy atom. The molecule has 3 aliphatic rings. The number of rotatable bonds is 7. The van der Waals surface area contributed by atoms with E-state index in [0.717, 1.165) is 5.06 Å². The minimum absolute atomic E-state index is 0.136. The maximum Gasteiger partial charge on any atom is 0.285 e. The summed E-state index contributed by atoms with van der Waals surface area (Å²) in [5.74, 6) is -1.41. The summed E-state index contributed by atoms with van der Waals surface area (Å²) in [6.07, 6.45) is 1.41. The maximum atomic E-state index is 12.5. The van der Waals surface area contributed by atoms with Gasteiger partial charge in [-0.05, 0) is 33.0 Å². The van der Waals surface area contributed by atoms with Crippen LogP contribution in [0.3, 0.4) is 0 Å². The van der Waals surface area contributed by atoms with Crippen molar-refractivity contribution in [3.8, 4) is 0 Å². The number of hydrogen-bond acceptors (Lipinski definition) is 11. The highest BCUT2D eigenvalue weighted by Gasteiger charge is 2.56. The highest BCUT2D eigenvalue weighted by atomic mass is 16.8. The molecule has 6 rings (SSSR count). The van der Waals surface area contributed by atoms with Crippen molar-refractivity contribution in [1.29, 1.82) is 0 Å². The zero-order chi connectivity index (χ0) is 25.9. The van der Waals surface area contributed by atoms with E-state index in [-0.39, 0.29) is 24.6 Å². The largest absolute Gasteiger partial charge is 0.382 e. The second-order valence-corrected chi connectivity index (χ2v) is 9.76. The average molecular weight is 510 g/mol. The number of amides is 2. The first-order valence-corrected chi connectivity index (χ1v) is 12.0. The molecule has 4 atom stereocenters. The number of anilines is 1. The molecule has 2 aromatic heterocycles. The fourth-order valence-corrected chi connectivity index (χ4v) is 5.06. The lowest BCUT2D eigenvalue weighted by atomic mass is 10.1. The van der Waals surface area contributed by atoms with Gasteiger partial charge in [-0.15, -0.1) is 5.06 Å². The lowest BCUT2D eigenvalue weighted by Gasteiger charge is -2.27. The normalized spacial score (nSPS) is 26.4. The summed E-state index contributed by atoms with van der Waals surface area (Å²) in [5.41, 5.74) is 7.69. The summed E-state index contributed by atoms with van der Waals surface area (Å²) in [4.78, 5) is 45.2. The number of hydrogen-bond donors (Lipinski definition) is 1. The third kappa shape index (κ3) is 4.04. The minimum Gasteiger partial charge on any atom is -0.382 e. The van der Waals surface area contributed by atoms with Crippen molar-refractivity contribution in [2.75, 3.05) is 32.5 Å².